The largest absolute Gasteiger partial charge is 0.467 e. The molecule has 164 valence electrons. The normalized spacial score (nSPS) is 12.3. The van der Waals surface area contributed by atoms with E-state index in [4.69, 9.17) is 20.8 Å². The molecule has 1 amide bonds. The fourth-order valence-corrected chi connectivity index (χ4v) is 3.24. The third kappa shape index (κ3) is 6.77. The number of hydrogen-bond donors (Lipinski definition) is 3. The van der Waals surface area contributed by atoms with Gasteiger partial charge in [-0.15, -0.1) is 0 Å². The summed E-state index contributed by atoms with van der Waals surface area (Å²) in [5.41, 5.74) is 2.37. The molecular weight excluding hydrogens is 416 g/mol. The van der Waals surface area contributed by atoms with Gasteiger partial charge in [-0.25, -0.2) is 4.79 Å². The molecule has 3 rings (SSSR count). The smallest absolute Gasteiger partial charge is 0.407 e. The molecule has 3 N–H and O–H groups in total. The quantitative estimate of drug-likeness (QED) is 0.440. The first kappa shape index (κ1) is 22.7. The molecule has 1 unspecified atom stereocenters. The maximum Gasteiger partial charge on any atom is 0.407 e. The van der Waals surface area contributed by atoms with Crippen LogP contribution in [0.1, 0.15) is 49.3 Å². The first-order valence-corrected chi connectivity index (χ1v) is 10.4. The number of aliphatic hydroxyl groups is 1. The maximum absolute atomic E-state index is 11.9. The molecule has 0 aliphatic heterocycles. The van der Waals surface area contributed by atoms with Crippen LogP contribution in [-0.2, 0) is 17.8 Å². The Bertz CT molecular complexity index is 1010. The van der Waals surface area contributed by atoms with E-state index in [1.165, 1.54) is 0 Å². The Morgan fingerprint density at radius 1 is 1.13 bits per heavy atom. The van der Waals surface area contributed by atoms with Crippen LogP contribution >= 0.6 is 11.6 Å². The van der Waals surface area contributed by atoms with Gasteiger partial charge in [0.25, 0.3) is 0 Å². The number of alkyl carbamates (subject to hydrolysis) is 1. The van der Waals surface area contributed by atoms with Gasteiger partial charge in [-0.1, -0.05) is 35.9 Å². The van der Waals surface area contributed by atoms with Crippen LogP contribution in [0.4, 0.5) is 10.5 Å². The molecule has 1 aromatic heterocycles. The Morgan fingerprint density at radius 2 is 1.94 bits per heavy atom. The first-order chi connectivity index (χ1) is 14.7. The molecule has 0 aliphatic rings. The predicted molar refractivity (Wildman–Crippen MR) is 121 cm³/mol. The zero-order chi connectivity index (χ0) is 22.4. The molecular formula is C24H27ClN2O4. The lowest BCUT2D eigenvalue weighted by molar-refractivity contribution is 0.0523. The Kier molecular flexibility index (Phi) is 7.25. The second-order valence-electron chi connectivity index (χ2n) is 8.17. The molecule has 3 aromatic rings. The van der Waals surface area contributed by atoms with Crippen molar-refractivity contribution in [3.8, 4) is 0 Å². The van der Waals surface area contributed by atoms with Crippen LogP contribution in [-0.4, -0.2) is 16.8 Å². The molecule has 0 fully saturated rings. The molecule has 0 spiro atoms. The van der Waals surface area contributed by atoms with E-state index in [2.05, 4.69) is 10.6 Å². The predicted octanol–water partition coefficient (Wildman–Crippen LogP) is 5.65. The molecule has 0 saturated carbocycles. The topological polar surface area (TPSA) is 83.7 Å². The van der Waals surface area contributed by atoms with Crippen LogP contribution in [0, 0.1) is 0 Å². The third-order valence-corrected chi connectivity index (χ3v) is 4.68. The van der Waals surface area contributed by atoms with Crippen molar-refractivity contribution in [2.75, 3.05) is 5.32 Å². The lowest BCUT2D eigenvalue weighted by atomic mass is 9.98. The van der Waals surface area contributed by atoms with Crippen molar-refractivity contribution in [1.82, 2.24) is 5.32 Å². The number of benzene rings is 2. The summed E-state index contributed by atoms with van der Waals surface area (Å²) in [6, 6.07) is 16.4. The average Bonchev–Trinajstić information content (AvgIpc) is 3.23. The number of aliphatic hydroxyl groups excluding tert-OH is 1. The fraction of sp³-hybridized carbons (Fsp3) is 0.292. The number of anilines is 1. The van der Waals surface area contributed by atoms with Gasteiger partial charge in [0.05, 0.1) is 12.8 Å². The highest BCUT2D eigenvalue weighted by molar-refractivity contribution is 6.30. The van der Waals surface area contributed by atoms with Crippen molar-refractivity contribution in [3.05, 3.63) is 88.3 Å². The Morgan fingerprint density at radius 3 is 2.65 bits per heavy atom. The number of hydrogen-bond acceptors (Lipinski definition) is 5. The van der Waals surface area contributed by atoms with E-state index in [0.29, 0.717) is 22.7 Å². The molecule has 0 saturated heterocycles. The Hall–Kier alpha value is -2.96. The summed E-state index contributed by atoms with van der Waals surface area (Å²) in [5, 5.41) is 17.6. The van der Waals surface area contributed by atoms with Gasteiger partial charge >= 0.3 is 6.09 Å². The summed E-state index contributed by atoms with van der Waals surface area (Å²) in [4.78, 5) is 11.9. The van der Waals surface area contributed by atoms with Gasteiger partial charge < -0.3 is 24.9 Å². The van der Waals surface area contributed by atoms with Gasteiger partial charge in [0.15, 0.2) is 0 Å². The van der Waals surface area contributed by atoms with Crippen LogP contribution < -0.4 is 10.6 Å². The molecule has 1 heterocycles. The van der Waals surface area contributed by atoms with Crippen molar-refractivity contribution in [3.63, 3.8) is 0 Å². The summed E-state index contributed by atoms with van der Waals surface area (Å²) in [5.74, 6) is 0.783. The standard InChI is InChI=1S/C24H27ClN2O4/c1-24(2,3)31-23(29)27-14-16-6-4-7-17(12-16)22(28)20-13-18(25)9-10-21(20)26-15-19-8-5-11-30-19/h4-13,22,26,28H,14-15H2,1-3H3,(H,27,29). The van der Waals surface area contributed by atoms with Crippen LogP contribution in [0.3, 0.4) is 0 Å². The zero-order valence-corrected chi connectivity index (χ0v) is 18.6. The molecule has 1 atom stereocenters. The van der Waals surface area contributed by atoms with Crippen LogP contribution in [0.2, 0.25) is 5.02 Å². The molecule has 7 heteroatoms. The summed E-state index contributed by atoms with van der Waals surface area (Å²) in [6.07, 6.45) is 0.225. The monoisotopic (exact) mass is 442 g/mol. The number of ether oxygens (including phenoxy) is 1. The molecule has 0 bridgehead atoms. The lowest BCUT2D eigenvalue weighted by Crippen LogP contribution is -2.32. The number of halogens is 1. The molecule has 2 aromatic carbocycles. The second kappa shape index (κ2) is 9.90. The highest BCUT2D eigenvalue weighted by Crippen LogP contribution is 2.31. The van der Waals surface area contributed by atoms with Gasteiger partial charge in [0, 0.05) is 22.8 Å². The van der Waals surface area contributed by atoms with E-state index in [1.807, 2.05) is 63.2 Å². The van der Waals surface area contributed by atoms with E-state index >= 15 is 0 Å². The van der Waals surface area contributed by atoms with E-state index in [-0.39, 0.29) is 6.54 Å². The minimum atomic E-state index is -0.903. The Balaban J connectivity index is 1.73. The van der Waals surface area contributed by atoms with Gasteiger partial charge in [-0.3, -0.25) is 0 Å². The minimum Gasteiger partial charge on any atom is -0.467 e. The summed E-state index contributed by atoms with van der Waals surface area (Å²) < 4.78 is 10.6. The van der Waals surface area contributed by atoms with E-state index in [9.17, 15) is 9.90 Å². The minimum absolute atomic E-state index is 0.286. The summed E-state index contributed by atoms with van der Waals surface area (Å²) >= 11 is 6.20. The molecule has 0 aliphatic carbocycles. The van der Waals surface area contributed by atoms with Crippen molar-refractivity contribution < 1.29 is 19.1 Å². The number of amides is 1. The second-order valence-corrected chi connectivity index (χ2v) is 8.60. The molecule has 6 nitrogen and oxygen atoms in total. The SMILES string of the molecule is CC(C)(C)OC(=O)NCc1cccc(C(O)c2cc(Cl)ccc2NCc2ccco2)c1. The number of carbonyl (C=O) groups excluding carboxylic acids is 1. The van der Waals surface area contributed by atoms with Gasteiger partial charge in [0.2, 0.25) is 0 Å². The number of carbonyl (C=O) groups is 1. The summed E-state index contributed by atoms with van der Waals surface area (Å²) in [6.45, 7) is 6.20. The van der Waals surface area contributed by atoms with Crippen LogP contribution in [0.25, 0.3) is 0 Å². The van der Waals surface area contributed by atoms with Crippen molar-refractivity contribution in [2.45, 2.75) is 45.6 Å². The number of nitrogens with one attached hydrogen (secondary N) is 2. The number of furan rings is 1. The number of rotatable bonds is 7. The third-order valence-electron chi connectivity index (χ3n) is 4.44. The summed E-state index contributed by atoms with van der Waals surface area (Å²) in [7, 11) is 0. The molecule has 31 heavy (non-hydrogen) atoms. The van der Waals surface area contributed by atoms with Crippen molar-refractivity contribution in [1.29, 1.82) is 0 Å². The average molecular weight is 443 g/mol. The van der Waals surface area contributed by atoms with Crippen molar-refractivity contribution in [2.24, 2.45) is 0 Å². The van der Waals surface area contributed by atoms with Gasteiger partial charge in [-0.05, 0) is 62.2 Å². The highest BCUT2D eigenvalue weighted by atomic mass is 35.5. The van der Waals surface area contributed by atoms with Crippen LogP contribution in [0.15, 0.2) is 65.3 Å². The zero-order valence-electron chi connectivity index (χ0n) is 17.8. The van der Waals surface area contributed by atoms with E-state index in [0.717, 1.165) is 17.0 Å². The van der Waals surface area contributed by atoms with E-state index < -0.39 is 17.8 Å². The van der Waals surface area contributed by atoms with Crippen molar-refractivity contribution >= 4 is 23.4 Å². The molecule has 0 radical (unpaired) electrons. The highest BCUT2D eigenvalue weighted by Gasteiger charge is 2.18. The van der Waals surface area contributed by atoms with Crippen LogP contribution in [0.5, 0.6) is 0 Å². The first-order valence-electron chi connectivity index (χ1n) is 10.0. The Labute approximate surface area is 187 Å². The fourth-order valence-electron chi connectivity index (χ4n) is 3.06. The van der Waals surface area contributed by atoms with Gasteiger partial charge in [-0.2, -0.15) is 0 Å². The lowest BCUT2D eigenvalue weighted by Gasteiger charge is -2.20. The van der Waals surface area contributed by atoms with Gasteiger partial charge in [0.1, 0.15) is 17.5 Å². The maximum atomic E-state index is 11.9. The van der Waals surface area contributed by atoms with E-state index in [1.54, 1.807) is 18.4 Å².